The number of methoxy groups -OCH3 is 1. The Hall–Kier alpha value is -1.45. The molecule has 3 aliphatic carbocycles. The van der Waals surface area contributed by atoms with Crippen molar-refractivity contribution < 1.29 is 23.5 Å². The van der Waals surface area contributed by atoms with E-state index in [4.69, 9.17) is 9.47 Å². The summed E-state index contributed by atoms with van der Waals surface area (Å²) >= 11 is 0. The number of amides is 2. The molecule has 0 bridgehead atoms. The van der Waals surface area contributed by atoms with Crippen molar-refractivity contribution >= 4 is 12.0 Å². The molecule has 0 aromatic heterocycles. The van der Waals surface area contributed by atoms with Gasteiger partial charge in [-0.05, 0) is 63.7 Å². The molecule has 192 valence electrons. The Balaban J connectivity index is 1.30. The number of piperazine rings is 1. The van der Waals surface area contributed by atoms with Gasteiger partial charge in [-0.15, -0.1) is 0 Å². The third-order valence-electron chi connectivity index (χ3n) is 9.00. The fraction of sp³-hybridized carbons (Fsp3) is 0.920. The number of halogens is 1. The molecule has 0 radical (unpaired) electrons. The molecule has 9 heteroatoms. The fourth-order valence-corrected chi connectivity index (χ4v) is 7.02. The molecule has 2 aliphatic heterocycles. The van der Waals surface area contributed by atoms with Gasteiger partial charge in [-0.25, -0.2) is 14.2 Å². The number of fused-ring (bicyclic) bond motifs is 1. The van der Waals surface area contributed by atoms with Crippen molar-refractivity contribution in [2.45, 2.75) is 108 Å². The van der Waals surface area contributed by atoms with Crippen molar-refractivity contribution in [2.24, 2.45) is 11.8 Å². The molecule has 2 amide bonds. The largest absolute Gasteiger partial charge is 0.443 e. The first kappa shape index (κ1) is 24.3. The van der Waals surface area contributed by atoms with E-state index in [9.17, 15) is 14.0 Å². The lowest BCUT2D eigenvalue weighted by atomic mass is 9.73. The van der Waals surface area contributed by atoms with Crippen LogP contribution in [-0.4, -0.2) is 96.1 Å². The van der Waals surface area contributed by atoms with E-state index in [0.29, 0.717) is 43.7 Å². The van der Waals surface area contributed by atoms with Gasteiger partial charge in [0.15, 0.2) is 0 Å². The number of alkyl halides is 1. The topological polar surface area (TPSA) is 74.3 Å². The normalized spacial score (nSPS) is 41.3. The van der Waals surface area contributed by atoms with Gasteiger partial charge in [-0.1, -0.05) is 0 Å². The van der Waals surface area contributed by atoms with Gasteiger partial charge in [0.2, 0.25) is 5.91 Å². The van der Waals surface area contributed by atoms with Gasteiger partial charge in [0.05, 0.1) is 18.2 Å². The van der Waals surface area contributed by atoms with Crippen LogP contribution in [0.25, 0.3) is 0 Å². The molecule has 3 saturated carbocycles. The number of carbonyl (C=O) groups excluding carboxylic acids is 2. The predicted molar refractivity (Wildman–Crippen MR) is 125 cm³/mol. The van der Waals surface area contributed by atoms with Crippen LogP contribution in [0.2, 0.25) is 0 Å². The second-order valence-electron chi connectivity index (χ2n) is 11.3. The van der Waals surface area contributed by atoms with Crippen LogP contribution in [0, 0.1) is 11.8 Å². The number of hydrazine groups is 1. The highest BCUT2D eigenvalue weighted by atomic mass is 19.1. The van der Waals surface area contributed by atoms with E-state index in [0.717, 1.165) is 32.4 Å². The molecule has 5 aliphatic rings. The highest BCUT2D eigenvalue weighted by Crippen LogP contribution is 2.41. The molecule has 0 aromatic carbocycles. The van der Waals surface area contributed by atoms with Crippen LogP contribution >= 0.6 is 0 Å². The van der Waals surface area contributed by atoms with Crippen LogP contribution in [0.15, 0.2) is 0 Å². The Kier molecular flexibility index (Phi) is 7.06. The molecule has 7 unspecified atom stereocenters. The smallest absolute Gasteiger partial charge is 0.410 e. The molecule has 2 heterocycles. The summed E-state index contributed by atoms with van der Waals surface area (Å²) in [6, 6.07) is 0.525. The fourth-order valence-electron chi connectivity index (χ4n) is 7.02. The van der Waals surface area contributed by atoms with E-state index in [1.165, 1.54) is 12.8 Å². The Bertz CT molecular complexity index is 767. The summed E-state index contributed by atoms with van der Waals surface area (Å²) in [6.07, 6.45) is 4.36. The van der Waals surface area contributed by atoms with Crippen molar-refractivity contribution in [2.75, 3.05) is 26.7 Å². The summed E-state index contributed by atoms with van der Waals surface area (Å²) in [7, 11) is 1.62. The SMILES string of the molecule is COC1CCC(F)C(OC(=O)N2C[C@H](C)N(C(C)=O)C3CCC(C4CNN(C5CC5)C4)CC32)C1. The average Bonchev–Trinajstić information content (AvgIpc) is 3.55. The Morgan fingerprint density at radius 3 is 2.47 bits per heavy atom. The summed E-state index contributed by atoms with van der Waals surface area (Å²) in [5.41, 5.74) is 3.58. The quantitative estimate of drug-likeness (QED) is 0.667. The first-order valence-electron chi connectivity index (χ1n) is 13.3. The minimum atomic E-state index is -1.15. The lowest BCUT2D eigenvalue weighted by molar-refractivity contribution is -0.143. The zero-order valence-electron chi connectivity index (χ0n) is 20.8. The van der Waals surface area contributed by atoms with Gasteiger partial charge < -0.3 is 19.3 Å². The van der Waals surface area contributed by atoms with Gasteiger partial charge in [-0.3, -0.25) is 10.2 Å². The molecule has 5 rings (SSSR count). The van der Waals surface area contributed by atoms with Gasteiger partial charge in [0, 0.05) is 52.2 Å². The lowest BCUT2D eigenvalue weighted by Crippen LogP contribution is -2.67. The summed E-state index contributed by atoms with van der Waals surface area (Å²) in [6.45, 7) is 6.11. The van der Waals surface area contributed by atoms with Gasteiger partial charge in [0.25, 0.3) is 0 Å². The number of hydrogen-bond donors (Lipinski definition) is 1. The second-order valence-corrected chi connectivity index (χ2v) is 11.3. The molecule has 8 nitrogen and oxygen atoms in total. The van der Waals surface area contributed by atoms with Crippen LogP contribution in [0.1, 0.15) is 65.2 Å². The molecule has 34 heavy (non-hydrogen) atoms. The molecule has 5 fully saturated rings. The maximum atomic E-state index is 14.6. The molecule has 1 N–H and O–H groups in total. The van der Waals surface area contributed by atoms with Crippen LogP contribution in [0.4, 0.5) is 9.18 Å². The Morgan fingerprint density at radius 1 is 0.971 bits per heavy atom. The number of nitrogens with zero attached hydrogens (tertiary/aromatic N) is 3. The van der Waals surface area contributed by atoms with Gasteiger partial charge in [-0.2, -0.15) is 0 Å². The number of carbonyl (C=O) groups is 2. The van der Waals surface area contributed by atoms with Crippen molar-refractivity contribution in [1.82, 2.24) is 20.2 Å². The van der Waals surface area contributed by atoms with Gasteiger partial charge in [0.1, 0.15) is 12.3 Å². The Morgan fingerprint density at radius 2 is 1.76 bits per heavy atom. The van der Waals surface area contributed by atoms with Crippen LogP contribution in [0.5, 0.6) is 0 Å². The molecular weight excluding hydrogens is 439 g/mol. The van der Waals surface area contributed by atoms with Crippen molar-refractivity contribution in [3.63, 3.8) is 0 Å². The number of hydrogen-bond acceptors (Lipinski definition) is 6. The second kappa shape index (κ2) is 9.90. The van der Waals surface area contributed by atoms with E-state index in [1.807, 2.05) is 16.7 Å². The van der Waals surface area contributed by atoms with Crippen LogP contribution in [0.3, 0.4) is 0 Å². The van der Waals surface area contributed by atoms with Gasteiger partial charge >= 0.3 is 6.09 Å². The molecule has 8 atom stereocenters. The number of rotatable bonds is 4. The molecule has 2 saturated heterocycles. The minimum Gasteiger partial charge on any atom is -0.443 e. The summed E-state index contributed by atoms with van der Waals surface area (Å²) in [5, 5.41) is 2.41. The summed E-state index contributed by atoms with van der Waals surface area (Å²) in [5.74, 6) is 1.12. The average molecular weight is 481 g/mol. The number of ether oxygens (including phenoxy) is 2. The van der Waals surface area contributed by atoms with E-state index < -0.39 is 18.4 Å². The first-order chi connectivity index (χ1) is 16.4. The van der Waals surface area contributed by atoms with Crippen molar-refractivity contribution in [3.8, 4) is 0 Å². The van der Waals surface area contributed by atoms with E-state index in [-0.39, 0.29) is 30.1 Å². The third-order valence-corrected chi connectivity index (χ3v) is 9.00. The van der Waals surface area contributed by atoms with Crippen LogP contribution in [-0.2, 0) is 14.3 Å². The van der Waals surface area contributed by atoms with E-state index >= 15 is 0 Å². The molecule has 0 spiro atoms. The monoisotopic (exact) mass is 480 g/mol. The predicted octanol–water partition coefficient (Wildman–Crippen LogP) is 2.72. The molecular formula is C25H41FN4O4. The van der Waals surface area contributed by atoms with Crippen molar-refractivity contribution in [3.05, 3.63) is 0 Å². The minimum absolute atomic E-state index is 0.00167. The van der Waals surface area contributed by atoms with Crippen molar-refractivity contribution in [1.29, 1.82) is 0 Å². The van der Waals surface area contributed by atoms with E-state index in [2.05, 4.69) is 10.4 Å². The lowest BCUT2D eigenvalue weighted by Gasteiger charge is -2.54. The standard InChI is InChI=1S/C25H41FN4O4/c1-15-13-28(25(32)34-24-11-20(33-3)7-8-21(24)26)23-10-17(4-9-22(23)30(15)16(2)31)18-12-27-29(14-18)19-5-6-19/h15,17-24,27H,4-14H2,1-3H3/t15-,17?,18?,20?,21?,22?,23?,24?/m0/s1. The summed E-state index contributed by atoms with van der Waals surface area (Å²) < 4.78 is 25.8. The molecule has 0 aromatic rings. The summed E-state index contributed by atoms with van der Waals surface area (Å²) in [4.78, 5) is 29.8. The Labute approximate surface area is 202 Å². The zero-order chi connectivity index (χ0) is 24.0. The highest BCUT2D eigenvalue weighted by Gasteiger charge is 2.49. The highest BCUT2D eigenvalue weighted by molar-refractivity contribution is 5.75. The number of nitrogens with one attached hydrogen (secondary N) is 1. The maximum absolute atomic E-state index is 14.6. The first-order valence-corrected chi connectivity index (χ1v) is 13.3. The van der Waals surface area contributed by atoms with Crippen LogP contribution < -0.4 is 5.43 Å². The maximum Gasteiger partial charge on any atom is 0.410 e. The zero-order valence-corrected chi connectivity index (χ0v) is 20.8. The third kappa shape index (κ3) is 4.80. The van der Waals surface area contributed by atoms with E-state index in [1.54, 1.807) is 14.0 Å².